The number of ether oxygens (including phenoxy) is 1. The van der Waals surface area contributed by atoms with Gasteiger partial charge in [0.15, 0.2) is 10.9 Å². The van der Waals surface area contributed by atoms with Crippen LogP contribution in [0.4, 0.5) is 20.3 Å². The van der Waals surface area contributed by atoms with Gasteiger partial charge in [0.25, 0.3) is 0 Å². The summed E-state index contributed by atoms with van der Waals surface area (Å²) >= 11 is 17.4. The standard InChI is InChI=1S/C19H16Cl2F2N4OS/c1-11-2-7-15(16(8-11)28-18(22)23)24-19(29)25-17-14(21)10-27(26-17)9-12-3-5-13(20)6-4-12/h2-8,10,18H,9H2,1H3,(H2,24,25,26,29). The van der Waals surface area contributed by atoms with E-state index in [2.05, 4.69) is 20.5 Å². The van der Waals surface area contributed by atoms with Crippen molar-refractivity contribution in [1.29, 1.82) is 0 Å². The van der Waals surface area contributed by atoms with E-state index in [1.165, 1.54) is 6.07 Å². The molecule has 2 aromatic carbocycles. The number of hydrogen-bond donors (Lipinski definition) is 2. The number of hydrogen-bond acceptors (Lipinski definition) is 3. The number of rotatable bonds is 6. The number of thiocarbonyl (C=S) groups is 1. The molecule has 0 spiro atoms. The highest BCUT2D eigenvalue weighted by Gasteiger charge is 2.13. The lowest BCUT2D eigenvalue weighted by Crippen LogP contribution is -2.20. The maximum absolute atomic E-state index is 12.6. The van der Waals surface area contributed by atoms with Crippen molar-refractivity contribution in [2.75, 3.05) is 10.6 Å². The maximum atomic E-state index is 12.6. The van der Waals surface area contributed by atoms with Crippen molar-refractivity contribution in [1.82, 2.24) is 9.78 Å². The Hall–Kier alpha value is -2.42. The van der Waals surface area contributed by atoms with E-state index in [1.54, 1.807) is 42.1 Å². The van der Waals surface area contributed by atoms with Gasteiger partial charge in [0.2, 0.25) is 0 Å². The van der Waals surface area contributed by atoms with Gasteiger partial charge >= 0.3 is 6.61 Å². The first-order valence-corrected chi connectivity index (χ1v) is 9.57. The molecule has 5 nitrogen and oxygen atoms in total. The Morgan fingerprint density at radius 2 is 1.90 bits per heavy atom. The number of aryl methyl sites for hydroxylation is 1. The molecule has 0 aliphatic rings. The minimum absolute atomic E-state index is 0.0106. The van der Waals surface area contributed by atoms with Crippen molar-refractivity contribution in [2.24, 2.45) is 0 Å². The number of halogens is 4. The van der Waals surface area contributed by atoms with E-state index >= 15 is 0 Å². The van der Waals surface area contributed by atoms with E-state index in [-0.39, 0.29) is 10.9 Å². The van der Waals surface area contributed by atoms with Crippen LogP contribution in [-0.4, -0.2) is 21.5 Å². The van der Waals surface area contributed by atoms with E-state index in [0.29, 0.717) is 28.1 Å². The molecule has 0 unspecified atom stereocenters. The Balaban J connectivity index is 1.68. The maximum Gasteiger partial charge on any atom is 0.387 e. The van der Waals surface area contributed by atoms with Gasteiger partial charge in [-0.2, -0.15) is 13.9 Å². The Labute approximate surface area is 181 Å². The Morgan fingerprint density at radius 1 is 1.17 bits per heavy atom. The predicted molar refractivity (Wildman–Crippen MR) is 115 cm³/mol. The number of alkyl halides is 2. The van der Waals surface area contributed by atoms with Crippen LogP contribution in [0.15, 0.2) is 48.7 Å². The molecule has 1 aromatic heterocycles. The number of aromatic nitrogens is 2. The molecule has 0 aliphatic carbocycles. The number of benzene rings is 2. The third-order valence-electron chi connectivity index (χ3n) is 3.81. The van der Waals surface area contributed by atoms with E-state index < -0.39 is 6.61 Å². The highest BCUT2D eigenvalue weighted by Crippen LogP contribution is 2.28. The summed E-state index contributed by atoms with van der Waals surface area (Å²) in [6, 6.07) is 12.2. The van der Waals surface area contributed by atoms with Gasteiger partial charge in [0.05, 0.1) is 12.2 Å². The lowest BCUT2D eigenvalue weighted by atomic mass is 10.2. The predicted octanol–water partition coefficient (Wildman–Crippen LogP) is 5.96. The highest BCUT2D eigenvalue weighted by atomic mass is 35.5. The third kappa shape index (κ3) is 6.03. The lowest BCUT2D eigenvalue weighted by Gasteiger charge is -2.14. The van der Waals surface area contributed by atoms with Gasteiger partial charge in [0, 0.05) is 11.2 Å². The quantitative estimate of drug-likeness (QED) is 0.448. The first-order valence-electron chi connectivity index (χ1n) is 8.41. The zero-order valence-corrected chi connectivity index (χ0v) is 17.5. The molecule has 0 saturated carbocycles. The Kier molecular flexibility index (Phi) is 6.89. The van der Waals surface area contributed by atoms with Gasteiger partial charge in [-0.3, -0.25) is 4.68 Å². The summed E-state index contributed by atoms with van der Waals surface area (Å²) in [6.07, 6.45) is 1.65. The summed E-state index contributed by atoms with van der Waals surface area (Å²) in [5, 5.41) is 11.2. The van der Waals surface area contributed by atoms with Gasteiger partial charge in [0.1, 0.15) is 10.8 Å². The average molecular weight is 457 g/mol. The summed E-state index contributed by atoms with van der Waals surface area (Å²) < 4.78 is 31.5. The normalized spacial score (nSPS) is 10.8. The summed E-state index contributed by atoms with van der Waals surface area (Å²) in [6.45, 7) is -0.689. The summed E-state index contributed by atoms with van der Waals surface area (Å²) in [4.78, 5) is 0. The average Bonchev–Trinajstić information content (AvgIpc) is 2.98. The highest BCUT2D eigenvalue weighted by molar-refractivity contribution is 7.80. The first-order chi connectivity index (χ1) is 13.8. The molecule has 0 atom stereocenters. The molecule has 0 fully saturated rings. The van der Waals surface area contributed by atoms with Crippen LogP contribution in [0.25, 0.3) is 0 Å². The van der Waals surface area contributed by atoms with Gasteiger partial charge in [-0.1, -0.05) is 41.4 Å². The monoisotopic (exact) mass is 456 g/mol. The van der Waals surface area contributed by atoms with Crippen molar-refractivity contribution in [3.8, 4) is 5.75 Å². The van der Waals surface area contributed by atoms with Crippen molar-refractivity contribution in [3.63, 3.8) is 0 Å². The first kappa shape index (κ1) is 21.3. The molecule has 2 N–H and O–H groups in total. The summed E-state index contributed by atoms with van der Waals surface area (Å²) in [5.41, 5.74) is 2.06. The molecule has 1 heterocycles. The van der Waals surface area contributed by atoms with E-state index in [9.17, 15) is 8.78 Å². The van der Waals surface area contributed by atoms with Crippen molar-refractivity contribution in [3.05, 3.63) is 69.8 Å². The van der Waals surface area contributed by atoms with Crippen molar-refractivity contribution < 1.29 is 13.5 Å². The summed E-state index contributed by atoms with van der Waals surface area (Å²) in [7, 11) is 0. The van der Waals surface area contributed by atoms with Crippen LogP contribution in [0.1, 0.15) is 11.1 Å². The zero-order chi connectivity index (χ0) is 21.0. The molecule has 3 rings (SSSR count). The minimum atomic E-state index is -2.95. The molecule has 152 valence electrons. The topological polar surface area (TPSA) is 51.1 Å². The van der Waals surface area contributed by atoms with Crippen LogP contribution in [0.3, 0.4) is 0 Å². The molecule has 29 heavy (non-hydrogen) atoms. The van der Waals surface area contributed by atoms with Crippen LogP contribution in [0.2, 0.25) is 10.0 Å². The van der Waals surface area contributed by atoms with Gasteiger partial charge in [-0.15, -0.1) is 0 Å². The Bertz CT molecular complexity index is 1010. The van der Waals surface area contributed by atoms with Gasteiger partial charge < -0.3 is 15.4 Å². The molecule has 0 aliphatic heterocycles. The van der Waals surface area contributed by atoms with E-state index in [1.807, 2.05) is 12.1 Å². The molecular weight excluding hydrogens is 441 g/mol. The molecule has 0 saturated heterocycles. The van der Waals surface area contributed by atoms with Crippen molar-refractivity contribution in [2.45, 2.75) is 20.1 Å². The molecule has 3 aromatic rings. The number of nitrogens with zero attached hydrogens (tertiary/aromatic N) is 2. The summed E-state index contributed by atoms with van der Waals surface area (Å²) in [5.74, 6) is 0.324. The molecule has 0 bridgehead atoms. The smallest absolute Gasteiger partial charge is 0.387 e. The fourth-order valence-electron chi connectivity index (χ4n) is 2.53. The molecule has 0 radical (unpaired) electrons. The Morgan fingerprint density at radius 3 is 2.59 bits per heavy atom. The second-order valence-electron chi connectivity index (χ2n) is 6.11. The fraction of sp³-hybridized carbons (Fsp3) is 0.158. The second-order valence-corrected chi connectivity index (χ2v) is 7.36. The van der Waals surface area contributed by atoms with Gasteiger partial charge in [-0.25, -0.2) is 0 Å². The van der Waals surface area contributed by atoms with Crippen LogP contribution in [0, 0.1) is 6.92 Å². The van der Waals surface area contributed by atoms with Gasteiger partial charge in [-0.05, 0) is 54.5 Å². The van der Waals surface area contributed by atoms with E-state index in [0.717, 1.165) is 11.1 Å². The largest absolute Gasteiger partial charge is 0.433 e. The number of nitrogens with one attached hydrogen (secondary N) is 2. The number of anilines is 2. The minimum Gasteiger partial charge on any atom is -0.433 e. The van der Waals surface area contributed by atoms with Crippen LogP contribution in [-0.2, 0) is 6.54 Å². The second kappa shape index (κ2) is 9.39. The molecular formula is C19H16Cl2F2N4OS. The molecule has 10 heteroatoms. The van der Waals surface area contributed by atoms with Crippen LogP contribution in [0.5, 0.6) is 5.75 Å². The SMILES string of the molecule is Cc1ccc(NC(=S)Nc2nn(Cc3ccc(Cl)cc3)cc2Cl)c(OC(F)F)c1. The van der Waals surface area contributed by atoms with Crippen LogP contribution < -0.4 is 15.4 Å². The zero-order valence-electron chi connectivity index (χ0n) is 15.1. The van der Waals surface area contributed by atoms with E-state index in [4.69, 9.17) is 35.4 Å². The molecule has 0 amide bonds. The van der Waals surface area contributed by atoms with Crippen LogP contribution >= 0.6 is 35.4 Å². The lowest BCUT2D eigenvalue weighted by molar-refractivity contribution is -0.0493. The third-order valence-corrected chi connectivity index (χ3v) is 4.54. The fourth-order valence-corrected chi connectivity index (χ4v) is 3.06. The van der Waals surface area contributed by atoms with Crippen molar-refractivity contribution >= 4 is 52.0 Å².